The molecule has 2 rings (SSSR count). The van der Waals surface area contributed by atoms with Crippen LogP contribution in [0.25, 0.3) is 0 Å². The van der Waals surface area contributed by atoms with Crippen molar-refractivity contribution in [2.75, 3.05) is 13.7 Å². The molecule has 1 aromatic carbocycles. The summed E-state index contributed by atoms with van der Waals surface area (Å²) in [7, 11) is 1.61. The molecule has 1 aliphatic rings. The molecule has 1 heterocycles. The lowest BCUT2D eigenvalue weighted by atomic mass is 9.88. The first-order chi connectivity index (χ1) is 7.26. The van der Waals surface area contributed by atoms with Crippen molar-refractivity contribution < 1.29 is 9.53 Å². The number of hydrogen-bond donors (Lipinski definition) is 1. The van der Waals surface area contributed by atoms with Crippen molar-refractivity contribution in [1.29, 1.82) is 0 Å². The third kappa shape index (κ3) is 1.69. The quantitative estimate of drug-likeness (QED) is 0.801. The number of nitrogens with one attached hydrogen (secondary N) is 1. The second-order valence-electron chi connectivity index (χ2n) is 3.77. The Hall–Kier alpha value is -1.51. The van der Waals surface area contributed by atoms with Crippen LogP contribution in [0.15, 0.2) is 18.2 Å². The Labute approximate surface area is 89.4 Å². The summed E-state index contributed by atoms with van der Waals surface area (Å²) >= 11 is 0. The van der Waals surface area contributed by atoms with Gasteiger partial charge >= 0.3 is 0 Å². The van der Waals surface area contributed by atoms with Crippen molar-refractivity contribution in [2.24, 2.45) is 0 Å². The van der Waals surface area contributed by atoms with Gasteiger partial charge in [-0.15, -0.1) is 0 Å². The third-order valence-corrected chi connectivity index (χ3v) is 2.95. The van der Waals surface area contributed by atoms with Crippen LogP contribution in [0.4, 0.5) is 0 Å². The number of fused-ring (bicyclic) bond motifs is 1. The minimum Gasteiger partial charge on any atom is -0.497 e. The van der Waals surface area contributed by atoms with Crippen LogP contribution < -0.4 is 10.1 Å². The predicted octanol–water partition coefficient (Wildman–Crippen LogP) is 1.93. The molecule has 0 fully saturated rings. The van der Waals surface area contributed by atoms with E-state index in [1.54, 1.807) is 7.11 Å². The SMILES string of the molecule is CCC1CNC(=O)c2cc(OC)ccc21. The minimum absolute atomic E-state index is 0.00796. The van der Waals surface area contributed by atoms with Gasteiger partial charge in [0.2, 0.25) is 0 Å². The van der Waals surface area contributed by atoms with Gasteiger partial charge in [-0.3, -0.25) is 4.79 Å². The number of methoxy groups -OCH3 is 1. The van der Waals surface area contributed by atoms with E-state index < -0.39 is 0 Å². The average molecular weight is 205 g/mol. The van der Waals surface area contributed by atoms with Crippen molar-refractivity contribution in [2.45, 2.75) is 19.3 Å². The Kier molecular flexibility index (Phi) is 2.62. The molecule has 1 aliphatic heterocycles. The van der Waals surface area contributed by atoms with E-state index in [0.717, 1.165) is 29.8 Å². The third-order valence-electron chi connectivity index (χ3n) is 2.95. The van der Waals surface area contributed by atoms with Crippen LogP contribution in [0.5, 0.6) is 5.75 Å². The van der Waals surface area contributed by atoms with Crippen molar-refractivity contribution in [3.63, 3.8) is 0 Å². The molecule has 0 aliphatic carbocycles. The second kappa shape index (κ2) is 3.93. The fourth-order valence-corrected chi connectivity index (χ4v) is 2.00. The number of carbonyl (C=O) groups excluding carboxylic acids is 1. The predicted molar refractivity (Wildman–Crippen MR) is 58.4 cm³/mol. The summed E-state index contributed by atoms with van der Waals surface area (Å²) in [5.74, 6) is 1.18. The Morgan fingerprint density at radius 1 is 1.53 bits per heavy atom. The highest BCUT2D eigenvalue weighted by Crippen LogP contribution is 2.29. The Balaban J connectivity index is 2.47. The maximum absolute atomic E-state index is 11.6. The fraction of sp³-hybridized carbons (Fsp3) is 0.417. The molecule has 3 heteroatoms. The number of rotatable bonds is 2. The van der Waals surface area contributed by atoms with E-state index in [0.29, 0.717) is 5.92 Å². The molecule has 0 radical (unpaired) electrons. The average Bonchev–Trinajstić information content (AvgIpc) is 2.29. The van der Waals surface area contributed by atoms with Crippen molar-refractivity contribution in [3.05, 3.63) is 29.3 Å². The van der Waals surface area contributed by atoms with E-state index in [-0.39, 0.29) is 5.91 Å². The molecule has 0 bridgehead atoms. The molecule has 80 valence electrons. The molecule has 1 aromatic rings. The number of benzene rings is 1. The first kappa shape index (κ1) is 10.0. The molecular weight excluding hydrogens is 190 g/mol. The Morgan fingerprint density at radius 3 is 3.00 bits per heavy atom. The summed E-state index contributed by atoms with van der Waals surface area (Å²) in [6.07, 6.45) is 1.04. The summed E-state index contributed by atoms with van der Waals surface area (Å²) in [6.45, 7) is 2.88. The smallest absolute Gasteiger partial charge is 0.251 e. The van der Waals surface area contributed by atoms with E-state index in [1.165, 1.54) is 0 Å². The van der Waals surface area contributed by atoms with Crippen LogP contribution in [0, 0.1) is 0 Å². The van der Waals surface area contributed by atoms with Crippen LogP contribution in [0.2, 0.25) is 0 Å². The summed E-state index contributed by atoms with van der Waals surface area (Å²) in [4.78, 5) is 11.6. The van der Waals surface area contributed by atoms with Gasteiger partial charge < -0.3 is 10.1 Å². The molecule has 0 aromatic heterocycles. The monoisotopic (exact) mass is 205 g/mol. The van der Waals surface area contributed by atoms with Gasteiger partial charge in [0.1, 0.15) is 5.75 Å². The molecule has 1 unspecified atom stereocenters. The van der Waals surface area contributed by atoms with Crippen LogP contribution in [-0.4, -0.2) is 19.6 Å². The van der Waals surface area contributed by atoms with E-state index in [2.05, 4.69) is 12.2 Å². The molecule has 15 heavy (non-hydrogen) atoms. The first-order valence-electron chi connectivity index (χ1n) is 5.22. The van der Waals surface area contributed by atoms with Crippen LogP contribution >= 0.6 is 0 Å². The molecule has 1 atom stereocenters. The zero-order chi connectivity index (χ0) is 10.8. The molecule has 0 saturated carbocycles. The van der Waals surface area contributed by atoms with Gasteiger partial charge in [-0.05, 0) is 24.1 Å². The van der Waals surface area contributed by atoms with E-state index in [9.17, 15) is 4.79 Å². The highest BCUT2D eigenvalue weighted by atomic mass is 16.5. The number of amides is 1. The largest absolute Gasteiger partial charge is 0.497 e. The lowest BCUT2D eigenvalue weighted by Crippen LogP contribution is -2.34. The van der Waals surface area contributed by atoms with Crippen LogP contribution in [0.1, 0.15) is 35.2 Å². The van der Waals surface area contributed by atoms with Crippen molar-refractivity contribution in [3.8, 4) is 5.75 Å². The van der Waals surface area contributed by atoms with Gasteiger partial charge in [0.05, 0.1) is 7.11 Å². The summed E-state index contributed by atoms with van der Waals surface area (Å²) < 4.78 is 5.12. The van der Waals surface area contributed by atoms with Crippen molar-refractivity contribution in [1.82, 2.24) is 5.32 Å². The van der Waals surface area contributed by atoms with Gasteiger partial charge in [-0.25, -0.2) is 0 Å². The molecule has 3 nitrogen and oxygen atoms in total. The minimum atomic E-state index is 0.00796. The van der Waals surface area contributed by atoms with Gasteiger partial charge in [0.15, 0.2) is 0 Å². The number of hydrogen-bond acceptors (Lipinski definition) is 2. The fourth-order valence-electron chi connectivity index (χ4n) is 2.00. The van der Waals surface area contributed by atoms with E-state index in [4.69, 9.17) is 4.74 Å². The lowest BCUT2D eigenvalue weighted by Gasteiger charge is -2.25. The summed E-state index contributed by atoms with van der Waals surface area (Å²) in [5, 5.41) is 2.90. The zero-order valence-electron chi connectivity index (χ0n) is 9.04. The van der Waals surface area contributed by atoms with Gasteiger partial charge in [0, 0.05) is 18.0 Å². The maximum atomic E-state index is 11.6. The lowest BCUT2D eigenvalue weighted by molar-refractivity contribution is 0.0939. The van der Waals surface area contributed by atoms with Crippen molar-refractivity contribution >= 4 is 5.91 Å². The molecule has 1 N–H and O–H groups in total. The maximum Gasteiger partial charge on any atom is 0.251 e. The Bertz CT molecular complexity index is 387. The second-order valence-corrected chi connectivity index (χ2v) is 3.77. The molecule has 0 saturated heterocycles. The Morgan fingerprint density at radius 2 is 2.33 bits per heavy atom. The van der Waals surface area contributed by atoms with Gasteiger partial charge in [-0.2, -0.15) is 0 Å². The summed E-state index contributed by atoms with van der Waals surface area (Å²) in [6, 6.07) is 5.73. The highest BCUT2D eigenvalue weighted by molar-refractivity contribution is 5.97. The van der Waals surface area contributed by atoms with Gasteiger partial charge in [-0.1, -0.05) is 13.0 Å². The van der Waals surface area contributed by atoms with E-state index in [1.807, 2.05) is 18.2 Å². The van der Waals surface area contributed by atoms with Crippen LogP contribution in [-0.2, 0) is 0 Å². The highest BCUT2D eigenvalue weighted by Gasteiger charge is 2.24. The number of ether oxygens (including phenoxy) is 1. The first-order valence-corrected chi connectivity index (χ1v) is 5.22. The van der Waals surface area contributed by atoms with Crippen LogP contribution in [0.3, 0.4) is 0 Å². The standard InChI is InChI=1S/C12H15NO2/c1-3-8-7-13-12(14)11-6-9(15-2)4-5-10(8)11/h4-6,8H,3,7H2,1-2H3,(H,13,14). The molecular formula is C12H15NO2. The number of carbonyl (C=O) groups is 1. The summed E-state index contributed by atoms with van der Waals surface area (Å²) in [5.41, 5.74) is 1.90. The zero-order valence-corrected chi connectivity index (χ0v) is 9.04. The topological polar surface area (TPSA) is 38.3 Å². The van der Waals surface area contributed by atoms with E-state index >= 15 is 0 Å². The molecule has 0 spiro atoms. The molecule has 1 amide bonds. The normalized spacial score (nSPS) is 19.3. The van der Waals surface area contributed by atoms with Gasteiger partial charge in [0.25, 0.3) is 5.91 Å².